The molecule has 2 unspecified atom stereocenters. The Morgan fingerprint density at radius 3 is 1.47 bits per heavy atom. The predicted octanol–water partition coefficient (Wildman–Crippen LogP) is 11.4. The fourth-order valence-electron chi connectivity index (χ4n) is 8.63. The number of rotatable bonds is 5. The number of halogens is 2. The molecule has 0 saturated heterocycles. The van der Waals surface area contributed by atoms with E-state index in [2.05, 4.69) is 143 Å². The normalized spacial score (nSPS) is 17.3. The first-order valence-electron chi connectivity index (χ1n) is 15.3. The van der Waals surface area contributed by atoms with Gasteiger partial charge in [-0.25, -0.2) is 0 Å². The molecule has 0 radical (unpaired) electrons. The van der Waals surface area contributed by atoms with Crippen molar-refractivity contribution in [2.45, 2.75) is 64.5 Å². The van der Waals surface area contributed by atoms with Crippen LogP contribution in [0.2, 0.25) is 9.26 Å². The first-order valence-corrected chi connectivity index (χ1v) is 28.9. The van der Waals surface area contributed by atoms with Gasteiger partial charge in [0.25, 0.3) is 0 Å². The fraction of sp³-hybridized carbons (Fsp3) is 0.282. The third-order valence-corrected chi connectivity index (χ3v) is 27.5. The summed E-state index contributed by atoms with van der Waals surface area (Å²) >= 11 is -3.58. The van der Waals surface area contributed by atoms with Crippen LogP contribution in [0.3, 0.4) is 0 Å². The van der Waals surface area contributed by atoms with Crippen LogP contribution in [-0.4, -0.2) is 6.88 Å². The molecule has 0 fully saturated rings. The van der Waals surface area contributed by atoms with Gasteiger partial charge >= 0.3 is 252 Å². The smallest absolute Gasteiger partial charge is 0.147 e. The van der Waals surface area contributed by atoms with E-state index in [0.29, 0.717) is 7.25 Å². The van der Waals surface area contributed by atoms with Crippen molar-refractivity contribution >= 4 is 43.8 Å². The van der Waals surface area contributed by atoms with Crippen molar-refractivity contribution in [1.82, 2.24) is 0 Å². The molecule has 0 nitrogen and oxygen atoms in total. The summed E-state index contributed by atoms with van der Waals surface area (Å²) in [5, 5.41) is 0. The number of hydrogen-bond acceptors (Lipinski definition) is 0. The van der Waals surface area contributed by atoms with Crippen molar-refractivity contribution < 1.29 is 17.4 Å². The molecule has 2 aliphatic rings. The molecule has 6 rings (SSSR count). The van der Waals surface area contributed by atoms with Crippen LogP contribution in [0.25, 0.3) is 34.4 Å². The molecule has 4 aromatic rings. The van der Waals surface area contributed by atoms with Crippen LogP contribution in [0.1, 0.15) is 72.0 Å². The summed E-state index contributed by atoms with van der Waals surface area (Å²) in [6.07, 6.45) is 6.24. The second-order valence-corrected chi connectivity index (χ2v) is 44.6. The SMILES string of the molecule is CCC1=Cc2c(-c3cc(C)cc(C)c3)cccc2[CH]1[Zr]([CH3])([CH3])(=[SiH2])[CH]1C(C)=Cc2c(-c3cc(C)cc(C)c3)cccc21.Cl.Cl. The number of fused-ring (bicyclic) bond motifs is 2. The molecular formula is C39H46Cl2SiZr. The molecule has 43 heavy (non-hydrogen) atoms. The van der Waals surface area contributed by atoms with Crippen molar-refractivity contribution in [3.05, 3.63) is 128 Å². The molecular weight excluding hydrogens is 659 g/mol. The van der Waals surface area contributed by atoms with E-state index in [9.17, 15) is 0 Å². The van der Waals surface area contributed by atoms with Crippen LogP contribution in [0.4, 0.5) is 0 Å². The van der Waals surface area contributed by atoms with Gasteiger partial charge in [0, 0.05) is 0 Å². The van der Waals surface area contributed by atoms with Gasteiger partial charge in [-0.05, 0) is 0 Å². The maximum Gasteiger partial charge on any atom is -0.147 e. The Hall–Kier alpha value is -1.96. The number of allylic oxidation sites excluding steroid dienone is 2. The van der Waals surface area contributed by atoms with E-state index < -0.39 is 17.4 Å². The molecule has 0 aliphatic heterocycles. The van der Waals surface area contributed by atoms with E-state index in [1.807, 2.05) is 0 Å². The zero-order valence-electron chi connectivity index (χ0n) is 27.0. The molecule has 0 saturated carbocycles. The summed E-state index contributed by atoms with van der Waals surface area (Å²) in [7, 11) is 0. The zero-order valence-corrected chi connectivity index (χ0v) is 32.5. The van der Waals surface area contributed by atoms with Crippen molar-refractivity contribution in [2.24, 2.45) is 0 Å². The van der Waals surface area contributed by atoms with E-state index in [1.165, 1.54) is 55.6 Å². The van der Waals surface area contributed by atoms with Crippen LogP contribution < -0.4 is 0 Å². The van der Waals surface area contributed by atoms with Crippen molar-refractivity contribution in [3.63, 3.8) is 0 Å². The zero-order chi connectivity index (χ0) is 29.3. The summed E-state index contributed by atoms with van der Waals surface area (Å²) in [6.45, 7) is 16.1. The van der Waals surface area contributed by atoms with E-state index in [-0.39, 0.29) is 24.8 Å². The Labute approximate surface area is 274 Å². The first-order chi connectivity index (χ1) is 19.4. The van der Waals surface area contributed by atoms with Crippen molar-refractivity contribution in [2.75, 3.05) is 0 Å². The van der Waals surface area contributed by atoms with Crippen LogP contribution in [0.5, 0.6) is 0 Å². The second-order valence-electron chi connectivity index (χ2n) is 14.1. The topological polar surface area (TPSA) is 0 Å². The molecule has 2 atom stereocenters. The average Bonchev–Trinajstić information content (AvgIpc) is 3.45. The summed E-state index contributed by atoms with van der Waals surface area (Å²) in [5.41, 5.74) is 20.1. The largest absolute Gasteiger partial charge is 0.147 e. The van der Waals surface area contributed by atoms with Crippen molar-refractivity contribution in [1.29, 1.82) is 0 Å². The van der Waals surface area contributed by atoms with Gasteiger partial charge in [0.15, 0.2) is 0 Å². The minimum atomic E-state index is -3.58. The summed E-state index contributed by atoms with van der Waals surface area (Å²) in [5.74, 6) is 0. The molecule has 224 valence electrons. The number of benzene rings is 4. The van der Waals surface area contributed by atoms with Gasteiger partial charge in [0.05, 0.1) is 0 Å². The van der Waals surface area contributed by atoms with E-state index in [4.69, 9.17) is 0 Å². The molecule has 0 amide bonds. The van der Waals surface area contributed by atoms with E-state index in [0.717, 1.165) is 6.42 Å². The van der Waals surface area contributed by atoms with Crippen LogP contribution in [-0.2, 0) is 17.4 Å². The standard InChI is InChI=1S/C19H19.C18H17.2CH3.2ClH.H2Si.Zr/c1-4-15-11-16-6-5-7-18(19(16)12-15)17-9-13(2)8-14(3)10-17;1-12-7-13(2)10-16(9-12)17-6-4-5-15-8-14(3)11-18(15)17;;;;;;/h5-12H,4H2,1-3H3;4-11H,1-3H3;2*1H3;2*1H;1H2;. The predicted molar refractivity (Wildman–Crippen MR) is 195 cm³/mol. The summed E-state index contributed by atoms with van der Waals surface area (Å²) in [6, 6.07) is 28.2. The Morgan fingerprint density at radius 1 is 0.605 bits per heavy atom. The first kappa shape index (κ1) is 33.9. The third-order valence-electron chi connectivity index (χ3n) is 9.80. The monoisotopic (exact) mass is 702 g/mol. The minimum Gasteiger partial charge on any atom is -0.147 e. The number of aryl methyl sites for hydroxylation is 4. The number of hydrogen-bond donors (Lipinski definition) is 0. The molecule has 4 aromatic carbocycles. The molecule has 0 spiro atoms. The Balaban J connectivity index is 0.00000212. The van der Waals surface area contributed by atoms with Gasteiger partial charge in [-0.2, -0.15) is 0 Å². The molecule has 0 N–H and O–H groups in total. The van der Waals surface area contributed by atoms with Crippen LogP contribution >= 0.6 is 24.8 Å². The van der Waals surface area contributed by atoms with Gasteiger partial charge in [0.1, 0.15) is 0 Å². The van der Waals surface area contributed by atoms with Gasteiger partial charge in [-0.15, -0.1) is 24.8 Å². The van der Waals surface area contributed by atoms with Gasteiger partial charge < -0.3 is 0 Å². The van der Waals surface area contributed by atoms with Gasteiger partial charge in [-0.3, -0.25) is 0 Å². The third kappa shape index (κ3) is 5.79. The molecule has 0 aromatic heterocycles. The Morgan fingerprint density at radius 2 is 1.02 bits per heavy atom. The second kappa shape index (κ2) is 12.1. The fourth-order valence-corrected chi connectivity index (χ4v) is 29.3. The average molecular weight is 705 g/mol. The molecule has 0 bridgehead atoms. The van der Waals surface area contributed by atoms with Gasteiger partial charge in [0.2, 0.25) is 0 Å². The summed E-state index contributed by atoms with van der Waals surface area (Å²) in [4.78, 5) is 0. The summed E-state index contributed by atoms with van der Waals surface area (Å²) < 4.78 is 6.59. The van der Waals surface area contributed by atoms with Crippen LogP contribution in [0, 0.1) is 27.7 Å². The molecule has 4 heteroatoms. The molecule has 0 heterocycles. The maximum atomic E-state index is 2.76. The van der Waals surface area contributed by atoms with Crippen LogP contribution in [0.15, 0.2) is 83.9 Å². The van der Waals surface area contributed by atoms with E-state index in [1.54, 1.807) is 22.3 Å². The Kier molecular flexibility index (Phi) is 9.54. The maximum absolute atomic E-state index is 3.58. The molecule has 2 aliphatic carbocycles. The quantitative estimate of drug-likeness (QED) is 0.181. The van der Waals surface area contributed by atoms with E-state index >= 15 is 0 Å². The minimum absolute atomic E-state index is 0. The van der Waals surface area contributed by atoms with Gasteiger partial charge in [-0.1, -0.05) is 0 Å². The van der Waals surface area contributed by atoms with Crippen molar-refractivity contribution in [3.8, 4) is 22.3 Å². The Bertz CT molecular complexity index is 1830.